The number of hydrogen-bond acceptors (Lipinski definition) is 2. The fourth-order valence-electron chi connectivity index (χ4n) is 1.14. The smallest absolute Gasteiger partial charge is 0.197 e. The van der Waals surface area contributed by atoms with Gasteiger partial charge < -0.3 is 10.7 Å². The van der Waals surface area contributed by atoms with E-state index in [9.17, 15) is 0 Å². The van der Waals surface area contributed by atoms with Gasteiger partial charge in [-0.05, 0) is 12.1 Å². The van der Waals surface area contributed by atoms with E-state index in [1.54, 1.807) is 6.20 Å². The first-order valence-electron chi connectivity index (χ1n) is 3.82. The number of rotatable bonds is 1. The van der Waals surface area contributed by atoms with E-state index in [0.717, 1.165) is 11.3 Å². The van der Waals surface area contributed by atoms with Gasteiger partial charge in [0.05, 0.1) is 11.9 Å². The molecule has 3 nitrogen and oxygen atoms in total. The molecule has 0 atom stereocenters. The molecule has 66 valence electrons. The summed E-state index contributed by atoms with van der Waals surface area (Å²) in [6.07, 6.45) is 1.68. The molecule has 0 amide bonds. The molecule has 13 heavy (non-hydrogen) atoms. The SMILES string of the molecule is Nc1ncc(-c2cccc(Cl)c2)[nH]1. The van der Waals surface area contributed by atoms with E-state index in [2.05, 4.69) is 9.97 Å². The Balaban J connectivity index is 2.46. The summed E-state index contributed by atoms with van der Waals surface area (Å²) < 4.78 is 0. The summed E-state index contributed by atoms with van der Waals surface area (Å²) in [7, 11) is 0. The van der Waals surface area contributed by atoms with E-state index in [4.69, 9.17) is 17.3 Å². The molecule has 0 aliphatic rings. The van der Waals surface area contributed by atoms with Crippen molar-refractivity contribution in [3.63, 3.8) is 0 Å². The molecule has 0 aliphatic carbocycles. The Morgan fingerprint density at radius 2 is 2.23 bits per heavy atom. The molecular formula is C9H8ClN3. The second kappa shape index (κ2) is 3.11. The zero-order chi connectivity index (χ0) is 9.26. The van der Waals surface area contributed by atoms with Gasteiger partial charge in [0.2, 0.25) is 0 Å². The fourth-order valence-corrected chi connectivity index (χ4v) is 1.33. The molecule has 1 heterocycles. The van der Waals surface area contributed by atoms with Crippen molar-refractivity contribution >= 4 is 17.5 Å². The standard InChI is InChI=1S/C9H8ClN3/c10-7-3-1-2-6(4-7)8-5-12-9(11)13-8/h1-5H,(H3,11,12,13). The van der Waals surface area contributed by atoms with Crippen molar-refractivity contribution in [1.29, 1.82) is 0 Å². The molecule has 4 heteroatoms. The van der Waals surface area contributed by atoms with Gasteiger partial charge in [0.25, 0.3) is 0 Å². The highest BCUT2D eigenvalue weighted by molar-refractivity contribution is 6.30. The summed E-state index contributed by atoms with van der Waals surface area (Å²) in [6.45, 7) is 0. The Kier molecular flexibility index (Phi) is 1.94. The molecule has 0 saturated carbocycles. The van der Waals surface area contributed by atoms with Crippen molar-refractivity contribution in [1.82, 2.24) is 9.97 Å². The van der Waals surface area contributed by atoms with Crippen LogP contribution in [0, 0.1) is 0 Å². The van der Waals surface area contributed by atoms with Crippen LogP contribution in [0.3, 0.4) is 0 Å². The van der Waals surface area contributed by atoms with Gasteiger partial charge in [0.1, 0.15) is 0 Å². The predicted molar refractivity (Wildman–Crippen MR) is 53.4 cm³/mol. The van der Waals surface area contributed by atoms with E-state index >= 15 is 0 Å². The zero-order valence-electron chi connectivity index (χ0n) is 6.79. The maximum atomic E-state index is 5.84. The number of nitrogens with two attached hydrogens (primary N) is 1. The highest BCUT2D eigenvalue weighted by Gasteiger charge is 2.00. The van der Waals surface area contributed by atoms with Crippen molar-refractivity contribution in [2.45, 2.75) is 0 Å². The fraction of sp³-hybridized carbons (Fsp3) is 0. The lowest BCUT2D eigenvalue weighted by Crippen LogP contribution is -1.85. The van der Waals surface area contributed by atoms with Crippen LogP contribution < -0.4 is 5.73 Å². The molecule has 2 rings (SSSR count). The number of benzene rings is 1. The first-order chi connectivity index (χ1) is 6.25. The van der Waals surface area contributed by atoms with Crippen molar-refractivity contribution < 1.29 is 0 Å². The summed E-state index contributed by atoms with van der Waals surface area (Å²) in [4.78, 5) is 6.83. The summed E-state index contributed by atoms with van der Waals surface area (Å²) in [6, 6.07) is 7.51. The molecule has 1 aromatic heterocycles. The Labute approximate surface area is 80.6 Å². The summed E-state index contributed by atoms with van der Waals surface area (Å²) in [5, 5.41) is 0.700. The molecular weight excluding hydrogens is 186 g/mol. The minimum absolute atomic E-state index is 0.412. The number of aromatic nitrogens is 2. The summed E-state index contributed by atoms with van der Waals surface area (Å²) in [5.41, 5.74) is 7.31. The highest BCUT2D eigenvalue weighted by Crippen LogP contribution is 2.20. The number of nitrogens with one attached hydrogen (secondary N) is 1. The lowest BCUT2D eigenvalue weighted by Gasteiger charge is -1.96. The van der Waals surface area contributed by atoms with Crippen LogP contribution in [0.4, 0.5) is 5.95 Å². The van der Waals surface area contributed by atoms with Crippen LogP contribution in [-0.4, -0.2) is 9.97 Å². The normalized spacial score (nSPS) is 10.2. The van der Waals surface area contributed by atoms with Crippen molar-refractivity contribution in [2.75, 3.05) is 5.73 Å². The largest absolute Gasteiger partial charge is 0.369 e. The van der Waals surface area contributed by atoms with Gasteiger partial charge in [-0.1, -0.05) is 23.7 Å². The Morgan fingerprint density at radius 1 is 1.38 bits per heavy atom. The third-order valence-electron chi connectivity index (χ3n) is 1.73. The molecule has 0 fully saturated rings. The third-order valence-corrected chi connectivity index (χ3v) is 1.97. The Morgan fingerprint density at radius 3 is 2.85 bits per heavy atom. The summed E-state index contributed by atoms with van der Waals surface area (Å²) >= 11 is 5.84. The predicted octanol–water partition coefficient (Wildman–Crippen LogP) is 2.31. The number of halogens is 1. The third kappa shape index (κ3) is 1.65. The van der Waals surface area contributed by atoms with Gasteiger partial charge in [-0.15, -0.1) is 0 Å². The molecule has 0 radical (unpaired) electrons. The van der Waals surface area contributed by atoms with Crippen LogP contribution >= 0.6 is 11.6 Å². The number of hydrogen-bond donors (Lipinski definition) is 2. The van der Waals surface area contributed by atoms with Crippen LogP contribution in [0.2, 0.25) is 5.02 Å². The quantitative estimate of drug-likeness (QED) is 0.730. The lowest BCUT2D eigenvalue weighted by atomic mass is 10.2. The van der Waals surface area contributed by atoms with Crippen LogP contribution in [-0.2, 0) is 0 Å². The zero-order valence-corrected chi connectivity index (χ0v) is 7.55. The van der Waals surface area contributed by atoms with Crippen molar-refractivity contribution in [2.24, 2.45) is 0 Å². The van der Waals surface area contributed by atoms with E-state index < -0.39 is 0 Å². The molecule has 3 N–H and O–H groups in total. The van der Waals surface area contributed by atoms with Crippen molar-refractivity contribution in [3.05, 3.63) is 35.5 Å². The number of H-pyrrole nitrogens is 1. The van der Waals surface area contributed by atoms with Crippen molar-refractivity contribution in [3.8, 4) is 11.3 Å². The first-order valence-corrected chi connectivity index (χ1v) is 4.20. The number of anilines is 1. The summed E-state index contributed by atoms with van der Waals surface area (Å²) in [5.74, 6) is 0.412. The number of nitrogen functional groups attached to an aromatic ring is 1. The first kappa shape index (κ1) is 8.13. The van der Waals surface area contributed by atoms with Crippen LogP contribution in [0.1, 0.15) is 0 Å². The van der Waals surface area contributed by atoms with E-state index in [1.807, 2.05) is 24.3 Å². The van der Waals surface area contributed by atoms with Crippen LogP contribution in [0.5, 0.6) is 0 Å². The molecule has 1 aromatic carbocycles. The van der Waals surface area contributed by atoms with E-state index in [-0.39, 0.29) is 0 Å². The van der Waals surface area contributed by atoms with Gasteiger partial charge >= 0.3 is 0 Å². The van der Waals surface area contributed by atoms with Gasteiger partial charge in [-0.2, -0.15) is 0 Å². The topological polar surface area (TPSA) is 54.7 Å². The Bertz CT molecular complexity index is 422. The minimum atomic E-state index is 0.412. The molecule has 0 saturated heterocycles. The molecule has 0 aliphatic heterocycles. The van der Waals surface area contributed by atoms with Gasteiger partial charge in [-0.25, -0.2) is 4.98 Å². The second-order valence-corrected chi connectivity index (χ2v) is 3.13. The van der Waals surface area contributed by atoms with E-state index in [1.165, 1.54) is 0 Å². The molecule has 0 unspecified atom stereocenters. The number of imidazole rings is 1. The minimum Gasteiger partial charge on any atom is -0.369 e. The monoisotopic (exact) mass is 193 g/mol. The van der Waals surface area contributed by atoms with Gasteiger partial charge in [0, 0.05) is 10.6 Å². The second-order valence-electron chi connectivity index (χ2n) is 2.69. The molecule has 0 spiro atoms. The highest BCUT2D eigenvalue weighted by atomic mass is 35.5. The van der Waals surface area contributed by atoms with Crippen LogP contribution in [0.15, 0.2) is 30.5 Å². The number of nitrogens with zero attached hydrogens (tertiary/aromatic N) is 1. The maximum absolute atomic E-state index is 5.84. The average molecular weight is 194 g/mol. The molecule has 0 bridgehead atoms. The van der Waals surface area contributed by atoms with Gasteiger partial charge in [-0.3, -0.25) is 0 Å². The molecule has 2 aromatic rings. The van der Waals surface area contributed by atoms with Crippen LogP contribution in [0.25, 0.3) is 11.3 Å². The Hall–Kier alpha value is -1.48. The lowest BCUT2D eigenvalue weighted by molar-refractivity contribution is 1.33. The van der Waals surface area contributed by atoms with Gasteiger partial charge in [0.15, 0.2) is 5.95 Å². The van der Waals surface area contributed by atoms with E-state index in [0.29, 0.717) is 11.0 Å². The number of aromatic amines is 1. The average Bonchev–Trinajstić information content (AvgIpc) is 2.52. The maximum Gasteiger partial charge on any atom is 0.197 e.